The van der Waals surface area contributed by atoms with E-state index in [4.69, 9.17) is 0 Å². The summed E-state index contributed by atoms with van der Waals surface area (Å²) in [5.41, 5.74) is 4.20. The summed E-state index contributed by atoms with van der Waals surface area (Å²) in [5.74, 6) is 0.554. The van der Waals surface area contributed by atoms with Crippen molar-refractivity contribution < 1.29 is 4.39 Å². The van der Waals surface area contributed by atoms with Crippen LogP contribution in [0.25, 0.3) is 0 Å². The predicted molar refractivity (Wildman–Crippen MR) is 91.6 cm³/mol. The topological polar surface area (TPSA) is 12.0 Å². The van der Waals surface area contributed by atoms with Gasteiger partial charge in [-0.1, -0.05) is 57.9 Å². The van der Waals surface area contributed by atoms with Crippen LogP contribution in [0.4, 0.5) is 10.1 Å². The lowest BCUT2D eigenvalue weighted by Gasteiger charge is -2.37. The van der Waals surface area contributed by atoms with Gasteiger partial charge >= 0.3 is 0 Å². The van der Waals surface area contributed by atoms with Crippen LogP contribution in [-0.4, -0.2) is 0 Å². The molecule has 0 spiro atoms. The van der Waals surface area contributed by atoms with E-state index in [0.717, 1.165) is 16.5 Å². The molecule has 1 heterocycles. The van der Waals surface area contributed by atoms with Gasteiger partial charge in [-0.3, -0.25) is 0 Å². The molecule has 0 amide bonds. The lowest BCUT2D eigenvalue weighted by atomic mass is 9.77. The fourth-order valence-electron chi connectivity index (χ4n) is 3.72. The second-order valence-corrected chi connectivity index (χ2v) is 7.15. The quantitative estimate of drug-likeness (QED) is 0.643. The van der Waals surface area contributed by atoms with Crippen molar-refractivity contribution in [3.63, 3.8) is 0 Å². The lowest BCUT2D eigenvalue weighted by Crippen LogP contribution is -2.29. The van der Waals surface area contributed by atoms with Crippen molar-refractivity contribution >= 4 is 21.6 Å². The summed E-state index contributed by atoms with van der Waals surface area (Å²) < 4.78 is 15.2. The van der Waals surface area contributed by atoms with E-state index in [1.807, 2.05) is 6.07 Å². The first-order valence-corrected chi connectivity index (χ1v) is 8.41. The van der Waals surface area contributed by atoms with Crippen LogP contribution in [0.3, 0.4) is 0 Å². The smallest absolute Gasteiger partial charge is 0.147 e. The van der Waals surface area contributed by atoms with Gasteiger partial charge < -0.3 is 5.32 Å². The fourth-order valence-corrected chi connectivity index (χ4v) is 4.17. The van der Waals surface area contributed by atoms with Gasteiger partial charge in [0.1, 0.15) is 5.82 Å². The molecule has 1 nitrogen and oxygen atoms in total. The number of rotatable bonds is 1. The van der Waals surface area contributed by atoms with Gasteiger partial charge in [0.25, 0.3) is 0 Å². The highest BCUT2D eigenvalue weighted by atomic mass is 79.9. The summed E-state index contributed by atoms with van der Waals surface area (Å²) in [6, 6.07) is 12.3. The molecule has 1 aliphatic carbocycles. The number of anilines is 1. The van der Waals surface area contributed by atoms with Gasteiger partial charge in [-0.25, -0.2) is 4.39 Å². The van der Waals surface area contributed by atoms with Crippen LogP contribution < -0.4 is 5.32 Å². The first-order chi connectivity index (χ1) is 10.6. The normalized spacial score (nSPS) is 25.5. The summed E-state index contributed by atoms with van der Waals surface area (Å²) in [7, 11) is 0. The maximum Gasteiger partial charge on any atom is 0.147 e. The molecule has 0 saturated carbocycles. The van der Waals surface area contributed by atoms with Crippen LogP contribution in [0.1, 0.15) is 35.1 Å². The van der Waals surface area contributed by atoms with Crippen LogP contribution in [-0.2, 0) is 0 Å². The van der Waals surface area contributed by atoms with E-state index in [0.29, 0.717) is 11.6 Å². The zero-order valence-corrected chi connectivity index (χ0v) is 13.9. The number of hydrogen-bond donors (Lipinski definition) is 1. The third kappa shape index (κ3) is 2.19. The standard InChI is InChI=1S/C19H17BrFN/c1-11-5-7-12(8-6-11)18-15-4-2-3-14(15)16-9-13(20)10-17(21)19(16)22-18/h2-3,5-10,14-15,18,22H,4H2,1H3/t14-,15-,18+/m1/s1. The average Bonchev–Trinajstić information content (AvgIpc) is 2.97. The summed E-state index contributed by atoms with van der Waals surface area (Å²) in [5, 5.41) is 3.46. The highest BCUT2D eigenvalue weighted by Crippen LogP contribution is 2.50. The van der Waals surface area contributed by atoms with Crippen molar-refractivity contribution in [2.45, 2.75) is 25.3 Å². The van der Waals surface area contributed by atoms with Crippen LogP contribution in [0.5, 0.6) is 0 Å². The molecule has 2 aromatic rings. The zero-order valence-electron chi connectivity index (χ0n) is 12.3. The molecule has 0 aromatic heterocycles. The zero-order chi connectivity index (χ0) is 15.3. The molecule has 22 heavy (non-hydrogen) atoms. The Morgan fingerprint density at radius 3 is 2.73 bits per heavy atom. The number of hydrogen-bond acceptors (Lipinski definition) is 1. The second-order valence-electron chi connectivity index (χ2n) is 6.24. The summed E-state index contributed by atoms with van der Waals surface area (Å²) >= 11 is 3.41. The monoisotopic (exact) mass is 357 g/mol. The van der Waals surface area contributed by atoms with E-state index in [-0.39, 0.29) is 17.8 Å². The molecule has 0 saturated heterocycles. The third-order valence-electron chi connectivity index (χ3n) is 4.82. The Hall–Kier alpha value is -1.61. The Kier molecular flexibility index (Phi) is 3.33. The molecule has 3 heteroatoms. The largest absolute Gasteiger partial charge is 0.375 e. The van der Waals surface area contributed by atoms with Gasteiger partial charge in [0.15, 0.2) is 0 Å². The molecule has 0 fully saturated rings. The molecule has 0 bridgehead atoms. The van der Waals surface area contributed by atoms with Crippen LogP contribution in [0.2, 0.25) is 0 Å². The molecule has 1 N–H and O–H groups in total. The van der Waals surface area contributed by atoms with E-state index in [2.05, 4.69) is 64.6 Å². The highest BCUT2D eigenvalue weighted by Gasteiger charge is 2.39. The van der Waals surface area contributed by atoms with E-state index in [9.17, 15) is 4.39 Å². The minimum Gasteiger partial charge on any atom is -0.375 e. The minimum absolute atomic E-state index is 0.156. The minimum atomic E-state index is -0.180. The molecule has 4 rings (SSSR count). The van der Waals surface area contributed by atoms with Gasteiger partial charge in [0.05, 0.1) is 11.7 Å². The molecule has 0 unspecified atom stereocenters. The number of allylic oxidation sites excluding steroid dienone is 2. The van der Waals surface area contributed by atoms with Gasteiger partial charge in [0.2, 0.25) is 0 Å². The van der Waals surface area contributed by atoms with Gasteiger partial charge in [-0.15, -0.1) is 0 Å². The Labute approximate surface area is 138 Å². The molecule has 2 aromatic carbocycles. The summed E-state index contributed by atoms with van der Waals surface area (Å²) in [6.45, 7) is 2.09. The summed E-state index contributed by atoms with van der Waals surface area (Å²) in [6.07, 6.45) is 5.49. The maximum atomic E-state index is 14.4. The van der Waals surface area contributed by atoms with Crippen molar-refractivity contribution in [3.8, 4) is 0 Å². The van der Waals surface area contributed by atoms with E-state index >= 15 is 0 Å². The summed E-state index contributed by atoms with van der Waals surface area (Å²) in [4.78, 5) is 0. The van der Waals surface area contributed by atoms with Crippen LogP contribution in [0, 0.1) is 18.7 Å². The van der Waals surface area contributed by atoms with Crippen LogP contribution in [0.15, 0.2) is 53.0 Å². The number of fused-ring (bicyclic) bond motifs is 3. The highest BCUT2D eigenvalue weighted by molar-refractivity contribution is 9.10. The SMILES string of the molecule is Cc1ccc([C@@H]2Nc3c(F)cc(Br)cc3[C@@H]3C=CC[C@H]32)cc1. The van der Waals surface area contributed by atoms with Crippen molar-refractivity contribution in [2.75, 3.05) is 5.32 Å². The van der Waals surface area contributed by atoms with Crippen molar-refractivity contribution in [1.29, 1.82) is 0 Å². The third-order valence-corrected chi connectivity index (χ3v) is 5.28. The number of aryl methyl sites for hydroxylation is 1. The first kappa shape index (κ1) is 14.0. The maximum absolute atomic E-state index is 14.4. The number of benzene rings is 2. The number of halogens is 2. The van der Waals surface area contributed by atoms with Crippen molar-refractivity contribution in [3.05, 3.63) is 75.5 Å². The van der Waals surface area contributed by atoms with Gasteiger partial charge in [-0.2, -0.15) is 0 Å². The van der Waals surface area contributed by atoms with Crippen molar-refractivity contribution in [1.82, 2.24) is 0 Å². The fraction of sp³-hybridized carbons (Fsp3) is 0.263. The Balaban J connectivity index is 1.82. The Bertz CT molecular complexity index is 751. The molecule has 1 aliphatic heterocycles. The Morgan fingerprint density at radius 1 is 1.18 bits per heavy atom. The molecular weight excluding hydrogens is 341 g/mol. The molecule has 0 radical (unpaired) electrons. The molecule has 112 valence electrons. The Morgan fingerprint density at radius 2 is 1.95 bits per heavy atom. The predicted octanol–water partition coefficient (Wildman–Crippen LogP) is 5.72. The lowest BCUT2D eigenvalue weighted by molar-refractivity contribution is 0.420. The first-order valence-electron chi connectivity index (χ1n) is 7.62. The van der Waals surface area contributed by atoms with Gasteiger partial charge in [0, 0.05) is 10.4 Å². The van der Waals surface area contributed by atoms with Crippen molar-refractivity contribution in [2.24, 2.45) is 5.92 Å². The van der Waals surface area contributed by atoms with Crippen LogP contribution >= 0.6 is 15.9 Å². The second kappa shape index (κ2) is 5.24. The average molecular weight is 358 g/mol. The molecule has 2 aliphatic rings. The molecule has 3 atom stereocenters. The van der Waals surface area contributed by atoms with E-state index in [1.54, 1.807) is 0 Å². The van der Waals surface area contributed by atoms with Gasteiger partial charge in [-0.05, 0) is 42.5 Å². The molecular formula is C19H17BrFN. The van der Waals surface area contributed by atoms with E-state index < -0.39 is 0 Å². The van der Waals surface area contributed by atoms with E-state index in [1.165, 1.54) is 17.2 Å². The number of nitrogens with one attached hydrogen (secondary N) is 1.